The van der Waals surface area contributed by atoms with E-state index in [0.29, 0.717) is 32.0 Å². The second-order valence-electron chi connectivity index (χ2n) is 10.2. The van der Waals surface area contributed by atoms with Gasteiger partial charge in [-0.2, -0.15) is 0 Å². The third kappa shape index (κ3) is 20.6. The van der Waals surface area contributed by atoms with Crippen LogP contribution in [0, 0.1) is 0 Å². The predicted octanol–water partition coefficient (Wildman–Crippen LogP) is 5.63. The van der Waals surface area contributed by atoms with Crippen LogP contribution >= 0.6 is 0 Å². The monoisotopic (exact) mass is 626 g/mol. The number of ether oxygens (including phenoxy) is 4. The Kier molecular flexibility index (Phi) is 24.2. The van der Waals surface area contributed by atoms with Gasteiger partial charge in [-0.3, -0.25) is 0 Å². The molecule has 0 aromatic carbocycles. The number of unbranched alkanes of at least 4 members (excludes halogenated alkanes) is 2. The molecular formula is C29H62O10Si2. The van der Waals surface area contributed by atoms with E-state index < -0.39 is 17.6 Å². The average Bonchev–Trinajstić information content (AvgIpc) is 3.90. The molecule has 2 rings (SSSR count). The average molecular weight is 627 g/mol. The van der Waals surface area contributed by atoms with Gasteiger partial charge in [0.2, 0.25) is 0 Å². The van der Waals surface area contributed by atoms with Gasteiger partial charge in [-0.15, -0.1) is 0 Å². The minimum Gasteiger partial charge on any atom is -0.379 e. The first-order valence-electron chi connectivity index (χ1n) is 16.2. The summed E-state index contributed by atoms with van der Waals surface area (Å²) in [5.41, 5.74) is 0. The van der Waals surface area contributed by atoms with Crippen LogP contribution in [0.3, 0.4) is 0 Å². The summed E-state index contributed by atoms with van der Waals surface area (Å²) < 4.78 is 56.9. The maximum atomic E-state index is 6.07. The first-order chi connectivity index (χ1) is 20.0. The van der Waals surface area contributed by atoms with Crippen LogP contribution in [-0.4, -0.2) is 109 Å². The van der Waals surface area contributed by atoms with Crippen LogP contribution in [-0.2, 0) is 45.5 Å². The highest BCUT2D eigenvalue weighted by molar-refractivity contribution is 6.61. The summed E-state index contributed by atoms with van der Waals surface area (Å²) in [5.74, 6) is 0. The molecule has 0 spiro atoms. The third-order valence-electron chi connectivity index (χ3n) is 6.13. The molecule has 0 aromatic heterocycles. The van der Waals surface area contributed by atoms with E-state index >= 15 is 0 Å². The van der Waals surface area contributed by atoms with Crippen LogP contribution in [0.1, 0.15) is 86.5 Å². The summed E-state index contributed by atoms with van der Waals surface area (Å²) >= 11 is 0. The first-order valence-corrected chi connectivity index (χ1v) is 20.1. The summed E-state index contributed by atoms with van der Waals surface area (Å²) in [6, 6.07) is 1.75. The summed E-state index contributed by atoms with van der Waals surface area (Å²) in [7, 11) is -4.95. The third-order valence-corrected chi connectivity index (χ3v) is 12.2. The molecule has 246 valence electrons. The molecule has 0 amide bonds. The van der Waals surface area contributed by atoms with E-state index in [1.165, 1.54) is 0 Å². The molecule has 2 heterocycles. The van der Waals surface area contributed by atoms with Crippen LogP contribution in [0.4, 0.5) is 0 Å². The number of hydrogen-bond acceptors (Lipinski definition) is 10. The molecule has 2 saturated heterocycles. The Morgan fingerprint density at radius 1 is 0.488 bits per heavy atom. The fourth-order valence-corrected chi connectivity index (χ4v) is 9.56. The number of rotatable bonds is 29. The fourth-order valence-electron chi connectivity index (χ4n) is 3.96. The molecule has 2 unspecified atom stereocenters. The highest BCUT2D eigenvalue weighted by atomic mass is 28.4. The summed E-state index contributed by atoms with van der Waals surface area (Å²) in [6.07, 6.45) is 7.73. The summed E-state index contributed by atoms with van der Waals surface area (Å²) in [6.45, 7) is 21.1. The topological polar surface area (TPSA) is 98.9 Å². The van der Waals surface area contributed by atoms with Gasteiger partial charge < -0.3 is 45.5 Å². The van der Waals surface area contributed by atoms with Gasteiger partial charge in [-0.25, -0.2) is 0 Å². The van der Waals surface area contributed by atoms with Gasteiger partial charge in [0.15, 0.2) is 0 Å². The van der Waals surface area contributed by atoms with Crippen LogP contribution in [0.25, 0.3) is 0 Å². The minimum absolute atomic E-state index is 0.349. The second-order valence-corrected chi connectivity index (χ2v) is 15.6. The zero-order valence-corrected chi connectivity index (χ0v) is 29.1. The normalized spacial score (nSPS) is 18.3. The van der Waals surface area contributed by atoms with Crippen molar-refractivity contribution in [1.29, 1.82) is 0 Å². The van der Waals surface area contributed by atoms with E-state index in [-0.39, 0.29) is 0 Å². The molecule has 2 atom stereocenters. The Labute approximate surface area is 253 Å². The lowest BCUT2D eigenvalue weighted by Gasteiger charge is -2.29. The Hall–Kier alpha value is 0.0338. The lowest BCUT2D eigenvalue weighted by molar-refractivity contribution is 0.0573. The standard InChI is InChI=1S/C16H34O5Si.C13H28O5Si/c1-4-9-19-22(20-10-5-2,21-11-6-3)13-8-7-12-17-14-16-15-18-16;1-4-16-19(17-5-2,18-6-3)10-8-7-9-14-11-13-12-15-13/h16H,4-15H2,1-3H3;13H,4-12H2,1-3H3. The molecule has 10 nitrogen and oxygen atoms in total. The summed E-state index contributed by atoms with van der Waals surface area (Å²) in [5, 5.41) is 0. The van der Waals surface area contributed by atoms with Gasteiger partial charge in [-0.05, 0) is 65.7 Å². The zero-order chi connectivity index (χ0) is 30.1. The van der Waals surface area contributed by atoms with Crippen molar-refractivity contribution in [3.63, 3.8) is 0 Å². The predicted molar refractivity (Wildman–Crippen MR) is 164 cm³/mol. The maximum Gasteiger partial charge on any atom is 0.500 e. The van der Waals surface area contributed by atoms with E-state index in [0.717, 1.165) is 116 Å². The van der Waals surface area contributed by atoms with Crippen molar-refractivity contribution in [3.05, 3.63) is 0 Å². The van der Waals surface area contributed by atoms with Gasteiger partial charge in [0, 0.05) is 64.9 Å². The fraction of sp³-hybridized carbons (Fsp3) is 1.00. The van der Waals surface area contributed by atoms with E-state index in [1.807, 2.05) is 20.8 Å². The molecule has 2 fully saturated rings. The minimum atomic E-state index is -2.51. The highest BCUT2D eigenvalue weighted by Crippen LogP contribution is 2.21. The first kappa shape index (κ1) is 39.1. The molecule has 0 aliphatic carbocycles. The Bertz CT molecular complexity index is 543. The molecule has 0 saturated carbocycles. The molecule has 0 bridgehead atoms. The van der Waals surface area contributed by atoms with Crippen LogP contribution in [0.2, 0.25) is 12.1 Å². The Balaban J connectivity index is 0.000000414. The van der Waals surface area contributed by atoms with Crippen LogP contribution < -0.4 is 0 Å². The largest absolute Gasteiger partial charge is 0.500 e. The molecule has 41 heavy (non-hydrogen) atoms. The van der Waals surface area contributed by atoms with Gasteiger partial charge in [0.1, 0.15) is 12.2 Å². The molecule has 2 aliphatic rings. The van der Waals surface area contributed by atoms with Crippen molar-refractivity contribution in [1.82, 2.24) is 0 Å². The SMILES string of the molecule is CCCO[Si](CCCCOCC1CO1)(OCCC)OCCC.CCO[Si](CCCCOCC1CO1)(OCC)OCC. The van der Waals surface area contributed by atoms with Crippen LogP contribution in [0.5, 0.6) is 0 Å². The second kappa shape index (κ2) is 25.4. The number of epoxide rings is 2. The molecular weight excluding hydrogens is 564 g/mol. The van der Waals surface area contributed by atoms with E-state index in [4.69, 9.17) is 45.5 Å². The smallest absolute Gasteiger partial charge is 0.379 e. The van der Waals surface area contributed by atoms with E-state index in [2.05, 4.69) is 20.8 Å². The Morgan fingerprint density at radius 2 is 0.829 bits per heavy atom. The summed E-state index contributed by atoms with van der Waals surface area (Å²) in [4.78, 5) is 0. The highest BCUT2D eigenvalue weighted by Gasteiger charge is 2.41. The quantitative estimate of drug-likeness (QED) is 0.0590. The zero-order valence-electron chi connectivity index (χ0n) is 27.1. The van der Waals surface area contributed by atoms with Gasteiger partial charge in [-0.1, -0.05) is 20.8 Å². The van der Waals surface area contributed by atoms with Gasteiger partial charge in [0.05, 0.1) is 26.4 Å². The van der Waals surface area contributed by atoms with Crippen molar-refractivity contribution in [2.45, 2.75) is 111 Å². The van der Waals surface area contributed by atoms with Crippen molar-refractivity contribution in [3.8, 4) is 0 Å². The van der Waals surface area contributed by atoms with Gasteiger partial charge in [0.25, 0.3) is 0 Å². The van der Waals surface area contributed by atoms with E-state index in [1.54, 1.807) is 0 Å². The molecule has 12 heteroatoms. The van der Waals surface area contributed by atoms with Crippen molar-refractivity contribution >= 4 is 17.6 Å². The molecule has 0 radical (unpaired) electrons. The Morgan fingerprint density at radius 3 is 1.12 bits per heavy atom. The lowest BCUT2D eigenvalue weighted by Crippen LogP contribution is -2.46. The van der Waals surface area contributed by atoms with Crippen molar-refractivity contribution < 1.29 is 45.5 Å². The molecule has 2 aliphatic heterocycles. The van der Waals surface area contributed by atoms with Gasteiger partial charge >= 0.3 is 17.6 Å². The van der Waals surface area contributed by atoms with Crippen LogP contribution in [0.15, 0.2) is 0 Å². The molecule has 0 N–H and O–H groups in total. The molecule has 0 aromatic rings. The van der Waals surface area contributed by atoms with Crippen molar-refractivity contribution in [2.75, 3.05) is 79.3 Å². The number of hydrogen-bond donors (Lipinski definition) is 0. The van der Waals surface area contributed by atoms with E-state index in [9.17, 15) is 0 Å². The van der Waals surface area contributed by atoms with Crippen molar-refractivity contribution in [2.24, 2.45) is 0 Å². The lowest BCUT2D eigenvalue weighted by atomic mass is 10.3. The maximum absolute atomic E-state index is 6.07.